The Kier molecular flexibility index (Phi) is 6.02. The quantitative estimate of drug-likeness (QED) is 0.832. The summed E-state index contributed by atoms with van der Waals surface area (Å²) in [5.74, 6) is 0.0301. The number of hydrogen-bond acceptors (Lipinski definition) is 4. The first kappa shape index (κ1) is 16.8. The molecule has 0 atom stereocenters. The summed E-state index contributed by atoms with van der Waals surface area (Å²) in [7, 11) is 4.70. The molecule has 21 heavy (non-hydrogen) atoms. The van der Waals surface area contributed by atoms with E-state index in [1.54, 1.807) is 19.2 Å². The largest absolute Gasteiger partial charge is 0.493 e. The molecule has 0 aliphatic carbocycles. The smallest absolute Gasteiger partial charge is 0.303 e. The van der Waals surface area contributed by atoms with E-state index < -0.39 is 5.97 Å². The maximum atomic E-state index is 12.4. The molecule has 1 amide bonds. The molecule has 0 aliphatic heterocycles. The van der Waals surface area contributed by atoms with Gasteiger partial charge in [0.15, 0.2) is 11.5 Å². The fraction of sp³-hybridized carbons (Fsp3) is 0.467. The van der Waals surface area contributed by atoms with E-state index in [1.165, 1.54) is 19.1 Å². The first-order valence-corrected chi connectivity index (χ1v) is 6.60. The number of benzene rings is 1. The highest BCUT2D eigenvalue weighted by atomic mass is 16.5. The summed E-state index contributed by atoms with van der Waals surface area (Å²) in [5.41, 5.74) is 1.30. The number of hydrogen-bond donors (Lipinski definition) is 1. The number of carboxylic acid groups (broad SMARTS) is 1. The molecule has 0 saturated carbocycles. The molecule has 1 N–H and O–H groups in total. The van der Waals surface area contributed by atoms with Gasteiger partial charge in [0.25, 0.3) is 5.91 Å². The van der Waals surface area contributed by atoms with E-state index in [4.69, 9.17) is 14.6 Å². The van der Waals surface area contributed by atoms with E-state index in [9.17, 15) is 9.59 Å². The topological polar surface area (TPSA) is 76.1 Å². The van der Waals surface area contributed by atoms with Crippen LogP contribution in [0.4, 0.5) is 0 Å². The molecule has 0 aliphatic rings. The minimum atomic E-state index is -0.863. The molecule has 0 fully saturated rings. The fourth-order valence-electron chi connectivity index (χ4n) is 1.99. The number of methoxy groups -OCH3 is 2. The molecular weight excluding hydrogens is 274 g/mol. The molecule has 0 aromatic heterocycles. The van der Waals surface area contributed by atoms with Crippen molar-refractivity contribution in [2.75, 3.05) is 27.8 Å². The molecule has 0 saturated heterocycles. The van der Waals surface area contributed by atoms with E-state index in [0.29, 0.717) is 30.0 Å². The molecule has 1 rings (SSSR count). The average Bonchev–Trinajstić information content (AvgIpc) is 2.45. The average molecular weight is 295 g/mol. The van der Waals surface area contributed by atoms with Gasteiger partial charge in [-0.15, -0.1) is 0 Å². The Bertz CT molecular complexity index is 527. The molecule has 0 heterocycles. The first-order chi connectivity index (χ1) is 9.90. The van der Waals surface area contributed by atoms with Crippen LogP contribution >= 0.6 is 0 Å². The minimum absolute atomic E-state index is 0.0442. The molecule has 6 nitrogen and oxygen atoms in total. The van der Waals surface area contributed by atoms with Crippen molar-refractivity contribution in [3.8, 4) is 11.5 Å². The number of aryl methyl sites for hydroxylation is 1. The zero-order valence-corrected chi connectivity index (χ0v) is 12.8. The SMILES string of the molecule is COc1cc(C)c(C(=O)N(C)CCCC(=O)O)cc1OC. The highest BCUT2D eigenvalue weighted by Crippen LogP contribution is 2.30. The normalized spacial score (nSPS) is 10.1. The second-order valence-corrected chi connectivity index (χ2v) is 4.75. The number of aliphatic carboxylic acids is 1. The van der Waals surface area contributed by atoms with E-state index in [2.05, 4.69) is 0 Å². The van der Waals surface area contributed by atoms with Gasteiger partial charge in [-0.3, -0.25) is 9.59 Å². The second kappa shape index (κ2) is 7.52. The molecule has 1 aromatic rings. The van der Waals surface area contributed by atoms with Crippen molar-refractivity contribution in [1.82, 2.24) is 4.90 Å². The van der Waals surface area contributed by atoms with Crippen LogP contribution in [0.5, 0.6) is 11.5 Å². The third kappa shape index (κ3) is 4.37. The van der Waals surface area contributed by atoms with Gasteiger partial charge in [0.05, 0.1) is 14.2 Å². The van der Waals surface area contributed by atoms with Gasteiger partial charge in [0.1, 0.15) is 0 Å². The number of rotatable bonds is 7. The van der Waals surface area contributed by atoms with Gasteiger partial charge >= 0.3 is 5.97 Å². The number of carbonyl (C=O) groups excluding carboxylic acids is 1. The van der Waals surface area contributed by atoms with Crippen molar-refractivity contribution >= 4 is 11.9 Å². The lowest BCUT2D eigenvalue weighted by Crippen LogP contribution is -2.28. The molecule has 0 bridgehead atoms. The van der Waals surface area contributed by atoms with Crippen LogP contribution in [0.2, 0.25) is 0 Å². The standard InChI is InChI=1S/C15H21NO5/c1-10-8-12(20-3)13(21-4)9-11(10)15(19)16(2)7-5-6-14(17)18/h8-9H,5-7H2,1-4H3,(H,17,18). The Morgan fingerprint density at radius 1 is 1.19 bits per heavy atom. The lowest BCUT2D eigenvalue weighted by Gasteiger charge is -2.19. The van der Waals surface area contributed by atoms with Gasteiger partial charge in [-0.05, 0) is 31.0 Å². The number of carboxylic acids is 1. The van der Waals surface area contributed by atoms with E-state index in [1.807, 2.05) is 6.92 Å². The molecule has 1 aromatic carbocycles. The zero-order chi connectivity index (χ0) is 16.0. The number of nitrogens with zero attached hydrogens (tertiary/aromatic N) is 1. The number of ether oxygens (including phenoxy) is 2. The van der Waals surface area contributed by atoms with Crippen LogP contribution in [0, 0.1) is 6.92 Å². The third-order valence-electron chi connectivity index (χ3n) is 3.19. The van der Waals surface area contributed by atoms with Crippen molar-refractivity contribution in [3.05, 3.63) is 23.3 Å². The van der Waals surface area contributed by atoms with Crippen molar-refractivity contribution < 1.29 is 24.2 Å². The van der Waals surface area contributed by atoms with Crippen LogP contribution in [0.3, 0.4) is 0 Å². The lowest BCUT2D eigenvalue weighted by molar-refractivity contribution is -0.137. The summed E-state index contributed by atoms with van der Waals surface area (Å²) in [4.78, 5) is 24.4. The monoisotopic (exact) mass is 295 g/mol. The molecule has 0 unspecified atom stereocenters. The Hall–Kier alpha value is -2.24. The van der Waals surface area contributed by atoms with E-state index in [0.717, 1.165) is 5.56 Å². The van der Waals surface area contributed by atoms with Crippen molar-refractivity contribution in [2.45, 2.75) is 19.8 Å². The predicted molar refractivity (Wildman–Crippen MR) is 78.1 cm³/mol. The number of amides is 1. The Labute approximate surface area is 124 Å². The maximum absolute atomic E-state index is 12.4. The van der Waals surface area contributed by atoms with Gasteiger partial charge in [-0.25, -0.2) is 0 Å². The van der Waals surface area contributed by atoms with Crippen LogP contribution in [-0.2, 0) is 4.79 Å². The Balaban J connectivity index is 2.88. The van der Waals surface area contributed by atoms with Crippen molar-refractivity contribution in [1.29, 1.82) is 0 Å². The van der Waals surface area contributed by atoms with Gasteiger partial charge < -0.3 is 19.5 Å². The van der Waals surface area contributed by atoms with Gasteiger partial charge in [-0.1, -0.05) is 0 Å². The predicted octanol–water partition coefficient (Wildman–Crippen LogP) is 1.95. The molecule has 0 spiro atoms. The third-order valence-corrected chi connectivity index (χ3v) is 3.19. The van der Waals surface area contributed by atoms with Crippen LogP contribution in [-0.4, -0.2) is 49.7 Å². The molecule has 6 heteroatoms. The summed E-state index contributed by atoms with van der Waals surface area (Å²) in [6, 6.07) is 3.39. The maximum Gasteiger partial charge on any atom is 0.303 e. The van der Waals surface area contributed by atoms with Gasteiger partial charge in [0, 0.05) is 25.6 Å². The fourth-order valence-corrected chi connectivity index (χ4v) is 1.99. The lowest BCUT2D eigenvalue weighted by atomic mass is 10.1. The molecule has 0 radical (unpaired) electrons. The van der Waals surface area contributed by atoms with Crippen molar-refractivity contribution in [3.63, 3.8) is 0 Å². The number of carbonyl (C=O) groups is 2. The summed E-state index contributed by atoms with van der Waals surface area (Å²) >= 11 is 0. The van der Waals surface area contributed by atoms with Crippen LogP contribution in [0.15, 0.2) is 12.1 Å². The summed E-state index contributed by atoms with van der Waals surface area (Å²) in [5, 5.41) is 8.62. The van der Waals surface area contributed by atoms with Gasteiger partial charge in [0.2, 0.25) is 0 Å². The zero-order valence-electron chi connectivity index (χ0n) is 12.8. The van der Waals surface area contributed by atoms with Gasteiger partial charge in [-0.2, -0.15) is 0 Å². The summed E-state index contributed by atoms with van der Waals surface area (Å²) in [6.07, 6.45) is 0.465. The van der Waals surface area contributed by atoms with E-state index >= 15 is 0 Å². The molecule has 116 valence electrons. The minimum Gasteiger partial charge on any atom is -0.493 e. The highest BCUT2D eigenvalue weighted by Gasteiger charge is 2.17. The Morgan fingerprint density at radius 3 is 2.29 bits per heavy atom. The highest BCUT2D eigenvalue weighted by molar-refractivity contribution is 5.96. The summed E-state index contributed by atoms with van der Waals surface area (Å²) < 4.78 is 10.4. The molecular formula is C15H21NO5. The first-order valence-electron chi connectivity index (χ1n) is 6.60. The van der Waals surface area contributed by atoms with E-state index in [-0.39, 0.29) is 12.3 Å². The van der Waals surface area contributed by atoms with Crippen LogP contribution in [0.25, 0.3) is 0 Å². The van der Waals surface area contributed by atoms with Crippen LogP contribution in [0.1, 0.15) is 28.8 Å². The summed E-state index contributed by atoms with van der Waals surface area (Å²) in [6.45, 7) is 2.21. The van der Waals surface area contributed by atoms with Crippen LogP contribution < -0.4 is 9.47 Å². The second-order valence-electron chi connectivity index (χ2n) is 4.75. The van der Waals surface area contributed by atoms with Crippen molar-refractivity contribution in [2.24, 2.45) is 0 Å². The Morgan fingerprint density at radius 2 is 1.76 bits per heavy atom.